The highest BCUT2D eigenvalue weighted by Crippen LogP contribution is 2.20. The van der Waals surface area contributed by atoms with Crippen LogP contribution in [0.2, 0.25) is 0 Å². The van der Waals surface area contributed by atoms with Gasteiger partial charge in [0.05, 0.1) is 18.9 Å². The van der Waals surface area contributed by atoms with E-state index in [4.69, 9.17) is 4.74 Å². The number of hydrogen-bond acceptors (Lipinski definition) is 5. The van der Waals surface area contributed by atoms with Crippen LogP contribution in [0.5, 0.6) is 0 Å². The van der Waals surface area contributed by atoms with E-state index in [9.17, 15) is 4.79 Å². The van der Waals surface area contributed by atoms with Crippen molar-refractivity contribution < 1.29 is 9.53 Å². The van der Waals surface area contributed by atoms with Crippen molar-refractivity contribution >= 4 is 11.7 Å². The molecule has 3 heterocycles. The zero-order valence-electron chi connectivity index (χ0n) is 13.9. The first kappa shape index (κ1) is 16.4. The zero-order valence-corrected chi connectivity index (χ0v) is 13.9. The Hall–Kier alpha value is -2.47. The third-order valence-electron chi connectivity index (χ3n) is 3.94. The Morgan fingerprint density at radius 3 is 2.79 bits per heavy atom. The molecule has 0 radical (unpaired) electrons. The number of hydrogen-bond donors (Lipinski definition) is 1. The lowest BCUT2D eigenvalue weighted by atomic mass is 10.1. The average Bonchev–Trinajstić information content (AvgIpc) is 2.67. The lowest BCUT2D eigenvalue weighted by molar-refractivity contribution is 0.0953. The number of aromatic nitrogens is 2. The summed E-state index contributed by atoms with van der Waals surface area (Å²) < 4.78 is 5.36. The van der Waals surface area contributed by atoms with Gasteiger partial charge < -0.3 is 15.0 Å². The van der Waals surface area contributed by atoms with Crippen LogP contribution < -0.4 is 10.2 Å². The van der Waals surface area contributed by atoms with Crippen molar-refractivity contribution in [2.24, 2.45) is 0 Å². The number of amides is 1. The van der Waals surface area contributed by atoms with Gasteiger partial charge in [-0.25, -0.2) is 4.98 Å². The van der Waals surface area contributed by atoms with Crippen LogP contribution in [0.3, 0.4) is 0 Å². The number of rotatable bonds is 5. The minimum absolute atomic E-state index is 0.0709. The molecule has 0 saturated carbocycles. The van der Waals surface area contributed by atoms with Gasteiger partial charge in [-0.3, -0.25) is 9.78 Å². The number of nitrogens with one attached hydrogen (secondary N) is 1. The zero-order chi connectivity index (χ0) is 16.8. The molecule has 24 heavy (non-hydrogen) atoms. The number of carbonyl (C=O) groups is 1. The molecule has 1 N–H and O–H groups in total. The first-order valence-electron chi connectivity index (χ1n) is 8.31. The molecule has 126 valence electrons. The van der Waals surface area contributed by atoms with E-state index in [0.717, 1.165) is 49.8 Å². The van der Waals surface area contributed by atoms with Crippen LogP contribution in [0.1, 0.15) is 23.7 Å². The summed E-state index contributed by atoms with van der Waals surface area (Å²) in [6.07, 6.45) is 4.38. The van der Waals surface area contributed by atoms with Gasteiger partial charge in [0.2, 0.25) is 0 Å². The van der Waals surface area contributed by atoms with E-state index < -0.39 is 0 Å². The molecular formula is C18H22N4O2. The second-order valence-electron chi connectivity index (χ2n) is 5.69. The standard InChI is InChI=1S/C18H22N4O2/c1-2-6-20-18(23)14-5-7-19-16(12-14)15-3-4-17(21-13-15)22-8-10-24-11-9-22/h3-5,7,12-13H,2,6,8-11H2,1H3,(H,20,23). The van der Waals surface area contributed by atoms with Crippen molar-refractivity contribution in [2.75, 3.05) is 37.7 Å². The summed E-state index contributed by atoms with van der Waals surface area (Å²) in [7, 11) is 0. The maximum Gasteiger partial charge on any atom is 0.251 e. The molecule has 0 aliphatic carbocycles. The summed E-state index contributed by atoms with van der Waals surface area (Å²) in [5.41, 5.74) is 2.27. The predicted molar refractivity (Wildman–Crippen MR) is 93.1 cm³/mol. The van der Waals surface area contributed by atoms with Crippen molar-refractivity contribution in [1.82, 2.24) is 15.3 Å². The molecule has 3 rings (SSSR count). The van der Waals surface area contributed by atoms with Crippen molar-refractivity contribution in [3.63, 3.8) is 0 Å². The molecule has 0 unspecified atom stereocenters. The summed E-state index contributed by atoms with van der Waals surface area (Å²) in [5.74, 6) is 0.872. The normalized spacial score (nSPS) is 14.5. The summed E-state index contributed by atoms with van der Waals surface area (Å²) in [6.45, 7) is 5.89. The molecule has 2 aromatic rings. The Morgan fingerprint density at radius 1 is 1.25 bits per heavy atom. The molecule has 2 aromatic heterocycles. The van der Waals surface area contributed by atoms with Crippen LogP contribution in [-0.2, 0) is 4.74 Å². The van der Waals surface area contributed by atoms with Crippen LogP contribution in [0.25, 0.3) is 11.3 Å². The molecule has 1 fully saturated rings. The van der Waals surface area contributed by atoms with Crippen molar-refractivity contribution in [1.29, 1.82) is 0 Å². The molecule has 6 heteroatoms. The highest BCUT2D eigenvalue weighted by atomic mass is 16.5. The lowest BCUT2D eigenvalue weighted by Crippen LogP contribution is -2.36. The summed E-state index contributed by atoms with van der Waals surface area (Å²) >= 11 is 0. The Kier molecular flexibility index (Phi) is 5.38. The third kappa shape index (κ3) is 3.89. The van der Waals surface area contributed by atoms with E-state index in [1.165, 1.54) is 0 Å². The highest BCUT2D eigenvalue weighted by molar-refractivity contribution is 5.95. The molecule has 0 aromatic carbocycles. The van der Waals surface area contributed by atoms with Gasteiger partial charge in [0.1, 0.15) is 5.82 Å². The van der Waals surface area contributed by atoms with E-state index in [0.29, 0.717) is 12.1 Å². The molecule has 0 spiro atoms. The van der Waals surface area contributed by atoms with E-state index in [-0.39, 0.29) is 5.91 Å². The van der Waals surface area contributed by atoms with Crippen molar-refractivity contribution in [3.05, 3.63) is 42.2 Å². The number of carbonyl (C=O) groups excluding carboxylic acids is 1. The fourth-order valence-electron chi connectivity index (χ4n) is 2.59. The number of nitrogens with zero attached hydrogens (tertiary/aromatic N) is 3. The molecule has 1 amide bonds. The van der Waals surface area contributed by atoms with Gasteiger partial charge in [-0.05, 0) is 30.7 Å². The minimum atomic E-state index is -0.0709. The maximum absolute atomic E-state index is 12.1. The molecule has 1 aliphatic rings. The van der Waals surface area contributed by atoms with Gasteiger partial charge in [-0.1, -0.05) is 6.92 Å². The smallest absolute Gasteiger partial charge is 0.251 e. The maximum atomic E-state index is 12.1. The largest absolute Gasteiger partial charge is 0.378 e. The topological polar surface area (TPSA) is 67.4 Å². The van der Waals surface area contributed by atoms with Crippen LogP contribution in [0, 0.1) is 0 Å². The molecule has 6 nitrogen and oxygen atoms in total. The van der Waals surface area contributed by atoms with Crippen molar-refractivity contribution in [3.8, 4) is 11.3 Å². The Morgan fingerprint density at radius 2 is 2.08 bits per heavy atom. The van der Waals surface area contributed by atoms with Gasteiger partial charge in [0.25, 0.3) is 5.91 Å². The average molecular weight is 326 g/mol. The van der Waals surface area contributed by atoms with Gasteiger partial charge in [-0.15, -0.1) is 0 Å². The number of morpholine rings is 1. The Bertz CT molecular complexity index is 682. The van der Waals surface area contributed by atoms with Gasteiger partial charge in [0.15, 0.2) is 0 Å². The second-order valence-corrected chi connectivity index (χ2v) is 5.69. The number of anilines is 1. The van der Waals surface area contributed by atoms with Crippen LogP contribution >= 0.6 is 0 Å². The summed E-state index contributed by atoms with van der Waals surface area (Å²) in [6, 6.07) is 7.51. The van der Waals surface area contributed by atoms with Gasteiger partial charge in [0, 0.05) is 43.2 Å². The number of pyridine rings is 2. The lowest BCUT2D eigenvalue weighted by Gasteiger charge is -2.27. The van der Waals surface area contributed by atoms with E-state index in [1.54, 1.807) is 24.5 Å². The minimum Gasteiger partial charge on any atom is -0.378 e. The monoisotopic (exact) mass is 326 g/mol. The second kappa shape index (κ2) is 7.88. The molecular weight excluding hydrogens is 304 g/mol. The quantitative estimate of drug-likeness (QED) is 0.911. The molecule has 1 saturated heterocycles. The van der Waals surface area contributed by atoms with Crippen molar-refractivity contribution in [2.45, 2.75) is 13.3 Å². The third-order valence-corrected chi connectivity index (χ3v) is 3.94. The predicted octanol–water partition coefficient (Wildman–Crippen LogP) is 2.12. The molecule has 0 atom stereocenters. The number of ether oxygens (including phenoxy) is 1. The molecule has 0 bridgehead atoms. The van der Waals surface area contributed by atoms with Crippen LogP contribution in [0.15, 0.2) is 36.7 Å². The Labute approximate surface area is 141 Å². The summed E-state index contributed by atoms with van der Waals surface area (Å²) in [4.78, 5) is 23.2. The SMILES string of the molecule is CCCNC(=O)c1ccnc(-c2ccc(N3CCOCC3)nc2)c1. The van der Waals surface area contributed by atoms with Gasteiger partial charge in [-0.2, -0.15) is 0 Å². The first-order chi connectivity index (χ1) is 11.8. The van der Waals surface area contributed by atoms with E-state index >= 15 is 0 Å². The fourth-order valence-corrected chi connectivity index (χ4v) is 2.59. The highest BCUT2D eigenvalue weighted by Gasteiger charge is 2.13. The Balaban J connectivity index is 1.75. The summed E-state index contributed by atoms with van der Waals surface area (Å²) in [5, 5.41) is 2.88. The van der Waals surface area contributed by atoms with E-state index in [2.05, 4.69) is 20.2 Å². The fraction of sp³-hybridized carbons (Fsp3) is 0.389. The van der Waals surface area contributed by atoms with E-state index in [1.807, 2.05) is 19.1 Å². The van der Waals surface area contributed by atoms with Crippen LogP contribution in [-0.4, -0.2) is 48.7 Å². The van der Waals surface area contributed by atoms with Gasteiger partial charge >= 0.3 is 0 Å². The molecule has 1 aliphatic heterocycles. The van der Waals surface area contributed by atoms with Crippen LogP contribution in [0.4, 0.5) is 5.82 Å². The first-order valence-corrected chi connectivity index (χ1v) is 8.31.